The summed E-state index contributed by atoms with van der Waals surface area (Å²) in [6, 6.07) is 4.26. The van der Waals surface area contributed by atoms with Gasteiger partial charge in [-0.2, -0.15) is 0 Å². The van der Waals surface area contributed by atoms with E-state index in [9.17, 15) is 9.59 Å². The number of urea groups is 1. The van der Waals surface area contributed by atoms with Crippen LogP contribution in [0.2, 0.25) is 10.0 Å². The molecule has 0 aromatic heterocycles. The molecule has 0 saturated heterocycles. The molecule has 0 spiro atoms. The van der Waals surface area contributed by atoms with Gasteiger partial charge in [-0.1, -0.05) is 29.3 Å². The zero-order chi connectivity index (χ0) is 13.5. The molecular formula is C11H12Cl2N2O3. The number of imide groups is 1. The van der Waals surface area contributed by atoms with Gasteiger partial charge in [0.15, 0.2) is 6.61 Å². The molecule has 0 aliphatic rings. The fraction of sp³-hybridized carbons (Fsp3) is 0.273. The first-order valence-corrected chi connectivity index (χ1v) is 5.94. The van der Waals surface area contributed by atoms with Gasteiger partial charge in [-0.15, -0.1) is 0 Å². The topological polar surface area (TPSA) is 67.4 Å². The van der Waals surface area contributed by atoms with Gasteiger partial charge < -0.3 is 10.1 Å². The zero-order valence-corrected chi connectivity index (χ0v) is 11.1. The molecule has 1 aromatic rings. The number of carbonyl (C=O) groups is 2. The largest absolute Gasteiger partial charge is 0.482 e. The Balaban J connectivity index is 2.48. The lowest BCUT2D eigenvalue weighted by Gasteiger charge is -2.08. The average Bonchev–Trinajstić information content (AvgIpc) is 2.31. The smallest absolute Gasteiger partial charge is 0.321 e. The second-order valence-electron chi connectivity index (χ2n) is 3.25. The molecule has 2 N–H and O–H groups in total. The van der Waals surface area contributed by atoms with Gasteiger partial charge in [0.05, 0.1) is 5.02 Å². The summed E-state index contributed by atoms with van der Waals surface area (Å²) < 4.78 is 5.15. The molecule has 1 aromatic carbocycles. The molecule has 0 unspecified atom stereocenters. The summed E-state index contributed by atoms with van der Waals surface area (Å²) >= 11 is 11.6. The fourth-order valence-electron chi connectivity index (χ4n) is 1.11. The minimum atomic E-state index is -0.572. The van der Waals surface area contributed by atoms with Crippen molar-refractivity contribution < 1.29 is 14.3 Å². The van der Waals surface area contributed by atoms with Gasteiger partial charge in [0, 0.05) is 6.54 Å². The Kier molecular flexibility index (Phi) is 5.74. The molecule has 0 aliphatic heterocycles. The molecule has 18 heavy (non-hydrogen) atoms. The number of hydrogen-bond donors (Lipinski definition) is 2. The van der Waals surface area contributed by atoms with Crippen molar-refractivity contribution in [2.75, 3.05) is 13.2 Å². The number of halogens is 2. The average molecular weight is 291 g/mol. The van der Waals surface area contributed by atoms with Gasteiger partial charge in [0.1, 0.15) is 10.8 Å². The minimum absolute atomic E-state index is 0.227. The lowest BCUT2D eigenvalue weighted by Crippen LogP contribution is -2.41. The number of carbonyl (C=O) groups excluding carboxylic acids is 2. The van der Waals surface area contributed by atoms with Crippen LogP contribution in [0.3, 0.4) is 0 Å². The lowest BCUT2D eigenvalue weighted by atomic mass is 10.3. The van der Waals surface area contributed by atoms with Crippen molar-refractivity contribution in [1.82, 2.24) is 10.6 Å². The van der Waals surface area contributed by atoms with Crippen LogP contribution >= 0.6 is 23.2 Å². The molecule has 7 heteroatoms. The Labute approximate surface area is 114 Å². The predicted molar refractivity (Wildman–Crippen MR) is 69.2 cm³/mol. The van der Waals surface area contributed by atoms with Crippen LogP contribution in [0.25, 0.3) is 0 Å². The highest BCUT2D eigenvalue weighted by Crippen LogP contribution is 2.31. The van der Waals surface area contributed by atoms with Crippen molar-refractivity contribution in [3.8, 4) is 5.75 Å². The molecule has 0 heterocycles. The van der Waals surface area contributed by atoms with Crippen LogP contribution in [0.15, 0.2) is 18.2 Å². The number of benzene rings is 1. The Morgan fingerprint density at radius 1 is 1.33 bits per heavy atom. The number of rotatable bonds is 4. The summed E-state index contributed by atoms with van der Waals surface area (Å²) in [7, 11) is 0. The van der Waals surface area contributed by atoms with Crippen LogP contribution in [0, 0.1) is 0 Å². The van der Waals surface area contributed by atoms with Crippen LogP contribution < -0.4 is 15.4 Å². The third-order valence-corrected chi connectivity index (χ3v) is 2.67. The summed E-state index contributed by atoms with van der Waals surface area (Å²) in [5.74, 6) is -0.285. The Morgan fingerprint density at radius 3 is 2.72 bits per heavy atom. The van der Waals surface area contributed by atoms with E-state index in [0.717, 1.165) is 0 Å². The minimum Gasteiger partial charge on any atom is -0.482 e. The Bertz CT molecular complexity index is 452. The van der Waals surface area contributed by atoms with Gasteiger partial charge in [-0.3, -0.25) is 10.1 Å². The van der Waals surface area contributed by atoms with Crippen molar-refractivity contribution in [1.29, 1.82) is 0 Å². The third kappa shape index (κ3) is 4.43. The van der Waals surface area contributed by atoms with E-state index in [0.29, 0.717) is 11.6 Å². The summed E-state index contributed by atoms with van der Waals surface area (Å²) in [5.41, 5.74) is 0. The molecule has 98 valence electrons. The standard InChI is InChI=1S/C11H12Cl2N2O3/c1-2-14-11(17)15-9(16)6-18-8-5-3-4-7(12)10(8)13/h3-5H,2,6H2,1H3,(H2,14,15,16,17). The molecule has 1 rings (SSSR count). The monoisotopic (exact) mass is 290 g/mol. The van der Waals surface area contributed by atoms with E-state index in [1.54, 1.807) is 25.1 Å². The van der Waals surface area contributed by atoms with Crippen LogP contribution in [0.4, 0.5) is 4.79 Å². The summed E-state index contributed by atoms with van der Waals surface area (Å²) in [6.45, 7) is 1.85. The highest BCUT2D eigenvalue weighted by molar-refractivity contribution is 6.42. The van der Waals surface area contributed by atoms with E-state index in [-0.39, 0.29) is 17.4 Å². The van der Waals surface area contributed by atoms with E-state index < -0.39 is 11.9 Å². The molecule has 3 amide bonds. The molecule has 0 bridgehead atoms. The number of amides is 3. The van der Waals surface area contributed by atoms with Crippen LogP contribution in [0.1, 0.15) is 6.92 Å². The highest BCUT2D eigenvalue weighted by Gasteiger charge is 2.10. The first-order chi connectivity index (χ1) is 8.54. The number of nitrogens with one attached hydrogen (secondary N) is 2. The number of hydrogen-bond acceptors (Lipinski definition) is 3. The maximum absolute atomic E-state index is 11.3. The number of ether oxygens (including phenoxy) is 1. The van der Waals surface area contributed by atoms with E-state index in [4.69, 9.17) is 27.9 Å². The van der Waals surface area contributed by atoms with Crippen molar-refractivity contribution >= 4 is 35.1 Å². The van der Waals surface area contributed by atoms with Crippen LogP contribution in [0.5, 0.6) is 5.75 Å². The van der Waals surface area contributed by atoms with Crippen LogP contribution in [-0.4, -0.2) is 25.1 Å². The van der Waals surface area contributed by atoms with Crippen LogP contribution in [-0.2, 0) is 4.79 Å². The zero-order valence-electron chi connectivity index (χ0n) is 9.63. The van der Waals surface area contributed by atoms with E-state index in [2.05, 4.69) is 10.6 Å². The van der Waals surface area contributed by atoms with Gasteiger partial charge in [-0.05, 0) is 19.1 Å². The lowest BCUT2D eigenvalue weighted by molar-refractivity contribution is -0.122. The maximum Gasteiger partial charge on any atom is 0.321 e. The fourth-order valence-corrected chi connectivity index (χ4v) is 1.45. The van der Waals surface area contributed by atoms with Gasteiger partial charge in [0.25, 0.3) is 5.91 Å². The molecule has 0 aliphatic carbocycles. The van der Waals surface area contributed by atoms with Gasteiger partial charge in [0.2, 0.25) is 0 Å². The Hall–Kier alpha value is -1.46. The molecule has 0 radical (unpaired) electrons. The van der Waals surface area contributed by atoms with E-state index >= 15 is 0 Å². The van der Waals surface area contributed by atoms with Gasteiger partial charge >= 0.3 is 6.03 Å². The maximum atomic E-state index is 11.3. The highest BCUT2D eigenvalue weighted by atomic mass is 35.5. The second-order valence-corrected chi connectivity index (χ2v) is 4.03. The molecule has 5 nitrogen and oxygen atoms in total. The van der Waals surface area contributed by atoms with Gasteiger partial charge in [-0.25, -0.2) is 4.79 Å². The van der Waals surface area contributed by atoms with E-state index in [1.165, 1.54) is 0 Å². The SMILES string of the molecule is CCNC(=O)NC(=O)COc1cccc(Cl)c1Cl. The first kappa shape index (κ1) is 14.6. The molecule has 0 atom stereocenters. The second kappa shape index (κ2) is 7.08. The van der Waals surface area contributed by atoms with Crippen molar-refractivity contribution in [2.24, 2.45) is 0 Å². The summed E-state index contributed by atoms with van der Waals surface area (Å²) in [5, 5.41) is 5.08. The van der Waals surface area contributed by atoms with Crippen molar-refractivity contribution in [3.63, 3.8) is 0 Å². The third-order valence-electron chi connectivity index (χ3n) is 1.87. The molecular weight excluding hydrogens is 279 g/mol. The molecule has 0 saturated carbocycles. The Morgan fingerprint density at radius 2 is 2.06 bits per heavy atom. The van der Waals surface area contributed by atoms with E-state index in [1.807, 2.05) is 0 Å². The molecule has 0 fully saturated rings. The normalized spacial score (nSPS) is 9.72. The first-order valence-electron chi connectivity index (χ1n) is 5.19. The summed E-state index contributed by atoms with van der Waals surface area (Å²) in [6.07, 6.45) is 0. The quantitative estimate of drug-likeness (QED) is 0.893. The predicted octanol–water partition coefficient (Wildman–Crippen LogP) is 2.22. The summed E-state index contributed by atoms with van der Waals surface area (Å²) in [4.78, 5) is 22.4. The van der Waals surface area contributed by atoms with Crippen molar-refractivity contribution in [2.45, 2.75) is 6.92 Å². The van der Waals surface area contributed by atoms with Crippen molar-refractivity contribution in [3.05, 3.63) is 28.2 Å².